The fraction of sp³-hybridized carbons (Fsp3) is 0.467. The molecule has 0 aliphatic heterocycles. The van der Waals surface area contributed by atoms with Gasteiger partial charge in [0, 0.05) is 12.8 Å². The zero-order chi connectivity index (χ0) is 14.6. The predicted molar refractivity (Wildman–Crippen MR) is 76.1 cm³/mol. The van der Waals surface area contributed by atoms with Crippen LogP contribution in [0, 0.1) is 0 Å². The van der Waals surface area contributed by atoms with E-state index in [1.165, 1.54) is 0 Å². The van der Waals surface area contributed by atoms with Gasteiger partial charge >= 0.3 is 11.9 Å². The number of benzene rings is 1. The number of alkyl halides is 1. The Kier molecular flexibility index (Phi) is 8.47. The zero-order valence-corrected chi connectivity index (χ0v) is 12.1. The molecular formula is C15H19ClO4. The molecule has 0 atom stereocenters. The van der Waals surface area contributed by atoms with Gasteiger partial charge in [0.15, 0.2) is 6.07 Å². The molecule has 0 unspecified atom stereocenters. The van der Waals surface area contributed by atoms with E-state index in [1.54, 1.807) is 0 Å². The summed E-state index contributed by atoms with van der Waals surface area (Å²) in [5.41, 5.74) is 0.977. The number of halogens is 1. The summed E-state index contributed by atoms with van der Waals surface area (Å²) < 4.78 is 9.74. The quantitative estimate of drug-likeness (QED) is 0.398. The molecule has 0 fully saturated rings. The minimum absolute atomic E-state index is 0.107. The molecule has 1 rings (SSSR count). The van der Waals surface area contributed by atoms with Gasteiger partial charge in [-0.2, -0.15) is 0 Å². The Hall–Kier alpha value is -1.55. The summed E-state index contributed by atoms with van der Waals surface area (Å²) in [4.78, 5) is 22.5. The molecule has 20 heavy (non-hydrogen) atoms. The maximum atomic E-state index is 11.5. The van der Waals surface area contributed by atoms with Crippen LogP contribution in [0.25, 0.3) is 0 Å². The molecule has 0 saturated carbocycles. The van der Waals surface area contributed by atoms with E-state index in [9.17, 15) is 9.59 Å². The Labute approximate surface area is 124 Å². The summed E-state index contributed by atoms with van der Waals surface area (Å²) in [5.74, 6) is -0.510. The Morgan fingerprint density at radius 3 is 2.10 bits per heavy atom. The van der Waals surface area contributed by atoms with Gasteiger partial charge in [-0.3, -0.25) is 9.59 Å². The van der Waals surface area contributed by atoms with E-state index in [4.69, 9.17) is 16.3 Å². The van der Waals surface area contributed by atoms with Crippen LogP contribution in [0.3, 0.4) is 0 Å². The van der Waals surface area contributed by atoms with Crippen molar-refractivity contribution in [2.75, 3.05) is 6.07 Å². The lowest BCUT2D eigenvalue weighted by Gasteiger charge is -2.05. The van der Waals surface area contributed by atoms with Crippen LogP contribution in [0.1, 0.15) is 37.7 Å². The molecule has 0 amide bonds. The fourth-order valence-electron chi connectivity index (χ4n) is 1.66. The van der Waals surface area contributed by atoms with Gasteiger partial charge in [-0.1, -0.05) is 48.4 Å². The van der Waals surface area contributed by atoms with Crippen LogP contribution in [0.15, 0.2) is 30.3 Å². The number of hydrogen-bond donors (Lipinski definition) is 0. The Bertz CT molecular complexity index is 406. The van der Waals surface area contributed by atoms with E-state index in [0.29, 0.717) is 32.3 Å². The van der Waals surface area contributed by atoms with Gasteiger partial charge in [0.05, 0.1) is 0 Å². The fourth-order valence-corrected chi connectivity index (χ4v) is 1.78. The van der Waals surface area contributed by atoms with Crippen molar-refractivity contribution in [2.24, 2.45) is 0 Å². The molecule has 5 heteroatoms. The third-order valence-electron chi connectivity index (χ3n) is 2.72. The van der Waals surface area contributed by atoms with Crippen molar-refractivity contribution < 1.29 is 19.1 Å². The second kappa shape index (κ2) is 10.3. The molecule has 0 radical (unpaired) electrons. The number of esters is 2. The van der Waals surface area contributed by atoms with E-state index in [0.717, 1.165) is 12.0 Å². The average molecular weight is 299 g/mol. The second-order valence-corrected chi connectivity index (χ2v) is 4.55. The van der Waals surface area contributed by atoms with Crippen molar-refractivity contribution >= 4 is 23.5 Å². The number of unbranched alkanes of at least 4 members (excludes halogenated alkanes) is 2. The molecule has 0 N–H and O–H groups in total. The molecule has 4 nitrogen and oxygen atoms in total. The van der Waals surface area contributed by atoms with Crippen molar-refractivity contribution in [3.63, 3.8) is 0 Å². The van der Waals surface area contributed by atoms with Crippen LogP contribution in [0.4, 0.5) is 0 Å². The summed E-state index contributed by atoms with van der Waals surface area (Å²) in [6, 6.07) is 9.45. The van der Waals surface area contributed by atoms with Gasteiger partial charge in [-0.25, -0.2) is 0 Å². The molecule has 0 heterocycles. The summed E-state index contributed by atoms with van der Waals surface area (Å²) in [6.45, 7) is 0.307. The highest BCUT2D eigenvalue weighted by Gasteiger charge is 2.05. The molecule has 0 aliphatic carbocycles. The lowest BCUT2D eigenvalue weighted by molar-refractivity contribution is -0.145. The van der Waals surface area contributed by atoms with Crippen LogP contribution in [0.2, 0.25) is 0 Å². The van der Waals surface area contributed by atoms with Crippen LogP contribution in [0.5, 0.6) is 0 Å². The maximum Gasteiger partial charge on any atom is 0.306 e. The van der Waals surface area contributed by atoms with Crippen LogP contribution in [-0.4, -0.2) is 18.0 Å². The highest BCUT2D eigenvalue weighted by molar-refractivity contribution is 6.17. The summed E-state index contributed by atoms with van der Waals surface area (Å²) in [7, 11) is 0. The van der Waals surface area contributed by atoms with Crippen LogP contribution >= 0.6 is 11.6 Å². The third-order valence-corrected chi connectivity index (χ3v) is 2.83. The Balaban J connectivity index is 2.02. The molecular weight excluding hydrogens is 280 g/mol. The zero-order valence-electron chi connectivity index (χ0n) is 11.3. The first-order valence-electron chi connectivity index (χ1n) is 6.63. The number of ether oxygens (including phenoxy) is 2. The first kappa shape index (κ1) is 16.5. The first-order chi connectivity index (χ1) is 9.72. The number of carbonyl (C=O) groups excluding carboxylic acids is 2. The molecule has 1 aromatic carbocycles. The van der Waals surface area contributed by atoms with Gasteiger partial charge in [0.2, 0.25) is 0 Å². The van der Waals surface area contributed by atoms with E-state index in [1.807, 2.05) is 30.3 Å². The molecule has 1 aromatic rings. The summed E-state index contributed by atoms with van der Waals surface area (Å²) in [5, 5.41) is 0. The highest BCUT2D eigenvalue weighted by Crippen LogP contribution is 2.07. The molecule has 0 aliphatic rings. The van der Waals surface area contributed by atoms with Crippen LogP contribution in [-0.2, 0) is 25.7 Å². The van der Waals surface area contributed by atoms with Gasteiger partial charge in [-0.15, -0.1) is 0 Å². The normalized spacial score (nSPS) is 10.1. The Morgan fingerprint density at radius 1 is 0.900 bits per heavy atom. The smallest absolute Gasteiger partial charge is 0.306 e. The predicted octanol–water partition coefficient (Wildman–Crippen LogP) is 3.42. The standard InChI is InChI=1S/C15H19ClO4/c16-12-20-15(18)10-6-2-5-9-14(17)19-11-13-7-3-1-4-8-13/h1,3-4,7-8H,2,5-6,9-12H2. The third kappa shape index (κ3) is 7.79. The molecule has 0 aromatic heterocycles. The molecule has 0 spiro atoms. The Morgan fingerprint density at radius 2 is 1.50 bits per heavy atom. The average Bonchev–Trinajstić information content (AvgIpc) is 2.46. The van der Waals surface area contributed by atoms with Crippen molar-refractivity contribution in [3.8, 4) is 0 Å². The van der Waals surface area contributed by atoms with Crippen molar-refractivity contribution in [2.45, 2.75) is 38.7 Å². The van der Waals surface area contributed by atoms with Crippen molar-refractivity contribution in [1.29, 1.82) is 0 Å². The SMILES string of the molecule is O=C(CCCCCC(=O)OCc1ccccc1)OCCl. The van der Waals surface area contributed by atoms with E-state index >= 15 is 0 Å². The number of rotatable bonds is 9. The summed E-state index contributed by atoms with van der Waals surface area (Å²) >= 11 is 5.26. The van der Waals surface area contributed by atoms with Gasteiger partial charge in [-0.05, 0) is 18.4 Å². The topological polar surface area (TPSA) is 52.6 Å². The maximum absolute atomic E-state index is 11.5. The molecule has 0 bridgehead atoms. The van der Waals surface area contributed by atoms with E-state index < -0.39 is 0 Å². The minimum atomic E-state index is -0.299. The number of hydrogen-bond acceptors (Lipinski definition) is 4. The van der Waals surface area contributed by atoms with Crippen LogP contribution < -0.4 is 0 Å². The van der Waals surface area contributed by atoms with Gasteiger partial charge in [0.25, 0.3) is 0 Å². The van der Waals surface area contributed by atoms with Gasteiger partial charge < -0.3 is 9.47 Å². The minimum Gasteiger partial charge on any atom is -0.461 e. The second-order valence-electron chi connectivity index (χ2n) is 4.33. The van der Waals surface area contributed by atoms with E-state index in [-0.39, 0.29) is 18.0 Å². The first-order valence-corrected chi connectivity index (χ1v) is 7.17. The van der Waals surface area contributed by atoms with Gasteiger partial charge in [0.1, 0.15) is 6.61 Å². The van der Waals surface area contributed by atoms with Crippen molar-refractivity contribution in [3.05, 3.63) is 35.9 Å². The lowest BCUT2D eigenvalue weighted by Crippen LogP contribution is -2.05. The van der Waals surface area contributed by atoms with Crippen molar-refractivity contribution in [1.82, 2.24) is 0 Å². The lowest BCUT2D eigenvalue weighted by atomic mass is 10.1. The largest absolute Gasteiger partial charge is 0.461 e. The highest BCUT2D eigenvalue weighted by atomic mass is 35.5. The number of carbonyl (C=O) groups is 2. The molecule has 110 valence electrons. The summed E-state index contributed by atoms with van der Waals surface area (Å²) in [6.07, 6.45) is 2.91. The monoisotopic (exact) mass is 298 g/mol. The molecule has 0 saturated heterocycles. The van der Waals surface area contributed by atoms with E-state index in [2.05, 4.69) is 4.74 Å².